The number of fused-ring (bicyclic) bond motifs is 1. The lowest BCUT2D eigenvalue weighted by Crippen LogP contribution is -2.04. The van der Waals surface area contributed by atoms with Crippen LogP contribution in [0.2, 0.25) is 0 Å². The minimum Gasteiger partial charge on any atom is -0.383 e. The van der Waals surface area contributed by atoms with Crippen molar-refractivity contribution in [1.29, 1.82) is 0 Å². The van der Waals surface area contributed by atoms with Gasteiger partial charge in [0.1, 0.15) is 11.3 Å². The van der Waals surface area contributed by atoms with Gasteiger partial charge in [0, 0.05) is 0 Å². The Bertz CT molecular complexity index is 782. The van der Waals surface area contributed by atoms with Crippen molar-refractivity contribution in [3.8, 4) is 5.82 Å². The molecule has 8 heteroatoms. The minimum absolute atomic E-state index is 0.0591. The minimum atomic E-state index is -0.527. The van der Waals surface area contributed by atoms with Crippen LogP contribution in [0.5, 0.6) is 0 Å². The Labute approximate surface area is 106 Å². The highest BCUT2D eigenvalue weighted by Crippen LogP contribution is 2.20. The normalized spacial score (nSPS) is 10.7. The summed E-state index contributed by atoms with van der Waals surface area (Å²) in [7, 11) is 0. The Hall–Kier alpha value is -3.03. The molecule has 19 heavy (non-hydrogen) atoms. The summed E-state index contributed by atoms with van der Waals surface area (Å²) in [6.45, 7) is 0. The average Bonchev–Trinajstić information content (AvgIpc) is 2.81. The van der Waals surface area contributed by atoms with Crippen molar-refractivity contribution in [3.63, 3.8) is 0 Å². The van der Waals surface area contributed by atoms with Crippen LogP contribution in [0.25, 0.3) is 16.9 Å². The second kappa shape index (κ2) is 4.02. The molecular weight excluding hydrogens is 248 g/mol. The van der Waals surface area contributed by atoms with Gasteiger partial charge in [0.05, 0.1) is 22.6 Å². The van der Waals surface area contributed by atoms with Gasteiger partial charge in [-0.2, -0.15) is 4.68 Å². The van der Waals surface area contributed by atoms with Crippen LogP contribution in [-0.4, -0.2) is 24.9 Å². The molecule has 1 aromatic carbocycles. The van der Waals surface area contributed by atoms with Gasteiger partial charge in [0.25, 0.3) is 5.69 Å². The fourth-order valence-electron chi connectivity index (χ4n) is 1.77. The van der Waals surface area contributed by atoms with Crippen LogP contribution in [0.3, 0.4) is 0 Å². The lowest BCUT2D eigenvalue weighted by atomic mass is 10.3. The first kappa shape index (κ1) is 11.1. The number of nitro groups is 1. The van der Waals surface area contributed by atoms with Crippen molar-refractivity contribution >= 4 is 22.5 Å². The summed E-state index contributed by atoms with van der Waals surface area (Å²) >= 11 is 0. The summed E-state index contributed by atoms with van der Waals surface area (Å²) in [6, 6.07) is 9.74. The van der Waals surface area contributed by atoms with E-state index >= 15 is 0 Å². The van der Waals surface area contributed by atoms with E-state index in [1.807, 2.05) is 12.1 Å². The zero-order valence-electron chi connectivity index (χ0n) is 9.59. The Morgan fingerprint density at radius 1 is 1.26 bits per heavy atom. The smallest absolute Gasteiger partial charge is 0.276 e. The topological polar surface area (TPSA) is 113 Å². The fourth-order valence-corrected chi connectivity index (χ4v) is 1.77. The third-order valence-electron chi connectivity index (χ3n) is 2.60. The molecule has 2 N–H and O–H groups in total. The molecule has 0 saturated carbocycles. The molecule has 3 rings (SSSR count). The number of nitrogen functional groups attached to an aromatic ring is 1. The SMILES string of the molecule is Nc1cc([N+](=O)[O-])cc(-n2nnc3ccccc32)n1. The van der Waals surface area contributed by atoms with Crippen LogP contribution in [0.15, 0.2) is 36.4 Å². The predicted octanol–water partition coefficient (Wildman–Crippen LogP) is 1.31. The van der Waals surface area contributed by atoms with Gasteiger partial charge in [-0.1, -0.05) is 17.3 Å². The summed E-state index contributed by atoms with van der Waals surface area (Å²) in [5, 5.41) is 18.7. The Morgan fingerprint density at radius 2 is 2.05 bits per heavy atom. The van der Waals surface area contributed by atoms with Gasteiger partial charge in [0.15, 0.2) is 5.82 Å². The quantitative estimate of drug-likeness (QED) is 0.546. The number of hydrogen-bond acceptors (Lipinski definition) is 6. The molecule has 0 atom stereocenters. The van der Waals surface area contributed by atoms with Gasteiger partial charge in [0.2, 0.25) is 0 Å². The molecule has 0 aliphatic carbocycles. The highest BCUT2D eigenvalue weighted by molar-refractivity contribution is 5.75. The van der Waals surface area contributed by atoms with E-state index in [9.17, 15) is 10.1 Å². The van der Waals surface area contributed by atoms with Crippen LogP contribution in [0.4, 0.5) is 11.5 Å². The van der Waals surface area contributed by atoms with Gasteiger partial charge >= 0.3 is 0 Å². The van der Waals surface area contributed by atoms with Gasteiger partial charge in [-0.15, -0.1) is 5.10 Å². The van der Waals surface area contributed by atoms with Gasteiger partial charge in [-0.3, -0.25) is 10.1 Å². The third-order valence-corrected chi connectivity index (χ3v) is 2.60. The molecule has 0 aliphatic heterocycles. The predicted molar refractivity (Wildman–Crippen MR) is 67.7 cm³/mol. The number of para-hydroxylation sites is 1. The zero-order valence-corrected chi connectivity index (χ0v) is 9.59. The molecule has 0 saturated heterocycles. The van der Waals surface area contributed by atoms with E-state index in [2.05, 4.69) is 15.3 Å². The molecule has 94 valence electrons. The zero-order chi connectivity index (χ0) is 13.4. The fraction of sp³-hybridized carbons (Fsp3) is 0. The van der Waals surface area contributed by atoms with E-state index in [4.69, 9.17) is 5.73 Å². The second-order valence-corrected chi connectivity index (χ2v) is 3.86. The molecule has 3 aromatic rings. The van der Waals surface area contributed by atoms with Crippen LogP contribution in [0.1, 0.15) is 0 Å². The van der Waals surface area contributed by atoms with E-state index in [0.717, 1.165) is 0 Å². The number of anilines is 1. The molecule has 0 amide bonds. The summed E-state index contributed by atoms with van der Waals surface area (Å²) in [6.07, 6.45) is 0. The van der Waals surface area contributed by atoms with Crippen LogP contribution < -0.4 is 5.73 Å². The number of pyridine rings is 1. The van der Waals surface area contributed by atoms with E-state index in [1.54, 1.807) is 12.1 Å². The van der Waals surface area contributed by atoms with Crippen molar-refractivity contribution in [1.82, 2.24) is 20.0 Å². The molecule has 0 aliphatic rings. The molecule has 0 fully saturated rings. The monoisotopic (exact) mass is 256 g/mol. The highest BCUT2D eigenvalue weighted by Gasteiger charge is 2.13. The maximum Gasteiger partial charge on any atom is 0.276 e. The molecule has 0 unspecified atom stereocenters. The highest BCUT2D eigenvalue weighted by atomic mass is 16.6. The lowest BCUT2D eigenvalue weighted by molar-refractivity contribution is -0.384. The average molecular weight is 256 g/mol. The van der Waals surface area contributed by atoms with Crippen molar-refractivity contribution < 1.29 is 4.92 Å². The lowest BCUT2D eigenvalue weighted by Gasteiger charge is -2.02. The number of nitrogens with two attached hydrogens (primary N) is 1. The molecule has 0 radical (unpaired) electrons. The Balaban J connectivity index is 2.24. The number of aromatic nitrogens is 4. The maximum atomic E-state index is 10.8. The summed E-state index contributed by atoms with van der Waals surface area (Å²) in [4.78, 5) is 14.3. The first-order valence-electron chi connectivity index (χ1n) is 5.38. The van der Waals surface area contributed by atoms with Gasteiger partial charge in [-0.25, -0.2) is 4.98 Å². The molecule has 2 heterocycles. The van der Waals surface area contributed by atoms with E-state index in [-0.39, 0.29) is 17.3 Å². The first-order valence-corrected chi connectivity index (χ1v) is 5.38. The van der Waals surface area contributed by atoms with E-state index in [1.165, 1.54) is 16.8 Å². The van der Waals surface area contributed by atoms with Crippen molar-refractivity contribution in [2.24, 2.45) is 0 Å². The van der Waals surface area contributed by atoms with E-state index in [0.29, 0.717) is 11.0 Å². The summed E-state index contributed by atoms with van der Waals surface area (Å²) < 4.78 is 1.42. The standard InChI is InChI=1S/C11H8N6O2/c12-10-5-7(17(18)19)6-11(13-10)16-9-4-2-1-3-8(9)14-15-16/h1-6H,(H2,12,13). The molecule has 0 bridgehead atoms. The number of benzene rings is 1. The largest absolute Gasteiger partial charge is 0.383 e. The Morgan fingerprint density at radius 3 is 2.84 bits per heavy atom. The molecule has 0 spiro atoms. The summed E-state index contributed by atoms with van der Waals surface area (Å²) in [5.74, 6) is 0.323. The van der Waals surface area contributed by atoms with Gasteiger partial charge in [-0.05, 0) is 12.1 Å². The van der Waals surface area contributed by atoms with Crippen LogP contribution in [-0.2, 0) is 0 Å². The second-order valence-electron chi connectivity index (χ2n) is 3.86. The number of rotatable bonds is 2. The number of hydrogen-bond donors (Lipinski definition) is 1. The van der Waals surface area contributed by atoms with Crippen molar-refractivity contribution in [2.45, 2.75) is 0 Å². The van der Waals surface area contributed by atoms with Crippen LogP contribution >= 0.6 is 0 Å². The maximum absolute atomic E-state index is 10.8. The summed E-state index contributed by atoms with van der Waals surface area (Å²) in [5.41, 5.74) is 6.81. The van der Waals surface area contributed by atoms with Crippen molar-refractivity contribution in [3.05, 3.63) is 46.5 Å². The Kier molecular flexibility index (Phi) is 2.34. The molecular formula is C11H8N6O2. The third kappa shape index (κ3) is 1.84. The van der Waals surface area contributed by atoms with Gasteiger partial charge < -0.3 is 5.73 Å². The first-order chi connectivity index (χ1) is 9.15. The van der Waals surface area contributed by atoms with Crippen molar-refractivity contribution in [2.75, 3.05) is 5.73 Å². The number of nitrogens with zero attached hydrogens (tertiary/aromatic N) is 5. The van der Waals surface area contributed by atoms with Crippen LogP contribution in [0, 0.1) is 10.1 Å². The molecule has 8 nitrogen and oxygen atoms in total. The molecule has 2 aromatic heterocycles. The van der Waals surface area contributed by atoms with E-state index < -0.39 is 4.92 Å².